The number of hydrazine groups is 1. The molecule has 4 rings (SSSR count). The van der Waals surface area contributed by atoms with E-state index in [0.29, 0.717) is 11.5 Å². The predicted octanol–water partition coefficient (Wildman–Crippen LogP) is 3.76. The number of fused-ring (bicyclic) bond motifs is 1. The molecule has 0 radical (unpaired) electrons. The van der Waals surface area contributed by atoms with Crippen LogP contribution < -0.4 is 25.6 Å². The number of carbonyl (C=O) groups excluding carboxylic acids is 3. The number of alkyl halides is 3. The second-order valence-electron chi connectivity index (χ2n) is 7.09. The van der Waals surface area contributed by atoms with Gasteiger partial charge in [-0.05, 0) is 54.6 Å². The van der Waals surface area contributed by atoms with E-state index < -0.39 is 29.5 Å². The van der Waals surface area contributed by atoms with Crippen molar-refractivity contribution in [3.63, 3.8) is 0 Å². The number of amides is 3. The number of ether oxygens (including phenoxy) is 2. The summed E-state index contributed by atoms with van der Waals surface area (Å²) in [6.45, 7) is 0.0534. The smallest absolute Gasteiger partial charge is 0.416 e. The minimum absolute atomic E-state index is 0.0534. The Labute approximate surface area is 190 Å². The van der Waals surface area contributed by atoms with Crippen LogP contribution in [0.1, 0.15) is 36.6 Å². The van der Waals surface area contributed by atoms with Crippen LogP contribution in [0.5, 0.6) is 11.5 Å². The molecule has 1 heterocycles. The molecule has 8 nitrogen and oxygen atoms in total. The number of hydrogen-bond donors (Lipinski definition) is 3. The highest BCUT2D eigenvalue weighted by Gasteiger charge is 2.31. The minimum Gasteiger partial charge on any atom is -0.454 e. The van der Waals surface area contributed by atoms with Gasteiger partial charge >= 0.3 is 6.18 Å². The lowest BCUT2D eigenvalue weighted by Gasteiger charge is -2.11. The van der Waals surface area contributed by atoms with E-state index in [9.17, 15) is 27.6 Å². The van der Waals surface area contributed by atoms with Crippen molar-refractivity contribution < 1.29 is 37.0 Å². The fraction of sp³-hybridized carbons (Fsp3) is 0.0870. The highest BCUT2D eigenvalue weighted by molar-refractivity contribution is 6.05. The lowest BCUT2D eigenvalue weighted by atomic mass is 10.1. The SMILES string of the molecule is O=C(NNC(=O)c1ccc2c(c1)OCO2)c1cccc(NC(=O)c2cccc(C(F)(F)F)c2)c1. The molecule has 0 aromatic heterocycles. The van der Waals surface area contributed by atoms with Crippen LogP contribution in [0.3, 0.4) is 0 Å². The summed E-state index contributed by atoms with van der Waals surface area (Å²) < 4.78 is 49.0. The fourth-order valence-corrected chi connectivity index (χ4v) is 3.07. The maximum absolute atomic E-state index is 12.9. The zero-order valence-electron chi connectivity index (χ0n) is 17.2. The average molecular weight is 471 g/mol. The Morgan fingerprint density at radius 1 is 0.706 bits per heavy atom. The topological polar surface area (TPSA) is 106 Å². The molecular weight excluding hydrogens is 455 g/mol. The van der Waals surface area contributed by atoms with Gasteiger partial charge in [-0.25, -0.2) is 0 Å². The van der Waals surface area contributed by atoms with Crippen molar-refractivity contribution in [2.75, 3.05) is 12.1 Å². The quantitative estimate of drug-likeness (QED) is 0.503. The van der Waals surface area contributed by atoms with Crippen LogP contribution in [-0.4, -0.2) is 24.5 Å². The van der Waals surface area contributed by atoms with Gasteiger partial charge in [0.25, 0.3) is 17.7 Å². The third kappa shape index (κ3) is 5.09. The minimum atomic E-state index is -4.58. The Hall–Kier alpha value is -4.54. The first kappa shape index (κ1) is 22.6. The van der Waals surface area contributed by atoms with Crippen molar-refractivity contribution in [1.82, 2.24) is 10.9 Å². The number of rotatable bonds is 4. The first-order valence-electron chi connectivity index (χ1n) is 9.80. The average Bonchev–Trinajstić information content (AvgIpc) is 3.30. The van der Waals surface area contributed by atoms with Crippen LogP contribution in [0.15, 0.2) is 66.7 Å². The van der Waals surface area contributed by atoms with E-state index in [0.717, 1.165) is 18.2 Å². The molecule has 174 valence electrons. The lowest BCUT2D eigenvalue weighted by molar-refractivity contribution is -0.137. The van der Waals surface area contributed by atoms with E-state index in [1.165, 1.54) is 42.5 Å². The normalized spacial score (nSPS) is 12.1. The highest BCUT2D eigenvalue weighted by atomic mass is 19.4. The number of hydrogen-bond acceptors (Lipinski definition) is 5. The van der Waals surface area contributed by atoms with Gasteiger partial charge in [0.1, 0.15) is 0 Å². The largest absolute Gasteiger partial charge is 0.454 e. The Bertz CT molecular complexity index is 1280. The summed E-state index contributed by atoms with van der Waals surface area (Å²) in [5.41, 5.74) is 3.87. The van der Waals surface area contributed by atoms with E-state index >= 15 is 0 Å². The Morgan fingerprint density at radius 3 is 2.03 bits per heavy atom. The Balaban J connectivity index is 1.38. The van der Waals surface area contributed by atoms with Gasteiger partial charge < -0.3 is 14.8 Å². The molecule has 0 fully saturated rings. The molecule has 3 amide bonds. The van der Waals surface area contributed by atoms with Gasteiger partial charge in [0.2, 0.25) is 6.79 Å². The Morgan fingerprint density at radius 2 is 1.32 bits per heavy atom. The molecule has 11 heteroatoms. The molecular formula is C23H16F3N3O5. The lowest BCUT2D eigenvalue weighted by Crippen LogP contribution is -2.41. The number of benzene rings is 3. The summed E-state index contributed by atoms with van der Waals surface area (Å²) in [4.78, 5) is 37.1. The van der Waals surface area contributed by atoms with Crippen LogP contribution >= 0.6 is 0 Å². The zero-order valence-corrected chi connectivity index (χ0v) is 17.2. The van der Waals surface area contributed by atoms with E-state index in [-0.39, 0.29) is 29.2 Å². The highest BCUT2D eigenvalue weighted by Crippen LogP contribution is 2.32. The molecule has 1 aliphatic heterocycles. The molecule has 0 unspecified atom stereocenters. The summed E-state index contributed by atoms with van der Waals surface area (Å²) >= 11 is 0. The summed E-state index contributed by atoms with van der Waals surface area (Å²) in [6.07, 6.45) is -4.58. The molecule has 1 aliphatic rings. The molecule has 34 heavy (non-hydrogen) atoms. The third-order valence-electron chi connectivity index (χ3n) is 4.76. The first-order chi connectivity index (χ1) is 16.2. The monoisotopic (exact) mass is 471 g/mol. The summed E-state index contributed by atoms with van der Waals surface area (Å²) in [6, 6.07) is 14.2. The van der Waals surface area contributed by atoms with Crippen LogP contribution in [-0.2, 0) is 6.18 Å². The molecule has 0 saturated heterocycles. The van der Waals surface area contributed by atoms with Gasteiger partial charge in [0.15, 0.2) is 11.5 Å². The van der Waals surface area contributed by atoms with Crippen LogP contribution in [0.4, 0.5) is 18.9 Å². The molecule has 3 N–H and O–H groups in total. The molecule has 0 bridgehead atoms. The summed E-state index contributed by atoms with van der Waals surface area (Å²) in [5, 5.41) is 2.45. The fourth-order valence-electron chi connectivity index (χ4n) is 3.07. The van der Waals surface area contributed by atoms with Crippen molar-refractivity contribution in [2.45, 2.75) is 6.18 Å². The molecule has 0 aliphatic carbocycles. The maximum atomic E-state index is 12.9. The second kappa shape index (κ2) is 9.14. The van der Waals surface area contributed by atoms with Gasteiger partial charge in [-0.2, -0.15) is 13.2 Å². The standard InChI is InChI=1S/C23H16F3N3O5/c24-23(25,26)16-5-1-3-13(9-16)20(30)27-17-6-2-4-14(10-17)21(31)28-29-22(32)15-7-8-18-19(11-15)34-12-33-18/h1-11H,12H2,(H,27,30)(H,28,31)(H,29,32). The summed E-state index contributed by atoms with van der Waals surface area (Å²) in [7, 11) is 0. The number of anilines is 1. The molecule has 0 spiro atoms. The summed E-state index contributed by atoms with van der Waals surface area (Å²) in [5.74, 6) is -1.14. The first-order valence-corrected chi connectivity index (χ1v) is 9.80. The van der Waals surface area contributed by atoms with Crippen LogP contribution in [0.2, 0.25) is 0 Å². The molecule has 0 saturated carbocycles. The van der Waals surface area contributed by atoms with Gasteiger partial charge in [-0.15, -0.1) is 0 Å². The van der Waals surface area contributed by atoms with Gasteiger partial charge in [0, 0.05) is 22.4 Å². The third-order valence-corrected chi connectivity index (χ3v) is 4.76. The van der Waals surface area contributed by atoms with Crippen molar-refractivity contribution in [2.24, 2.45) is 0 Å². The molecule has 0 atom stereocenters. The zero-order chi connectivity index (χ0) is 24.3. The van der Waals surface area contributed by atoms with E-state index in [2.05, 4.69) is 16.2 Å². The van der Waals surface area contributed by atoms with Gasteiger partial charge in [-0.1, -0.05) is 12.1 Å². The van der Waals surface area contributed by atoms with E-state index in [4.69, 9.17) is 9.47 Å². The molecule has 3 aromatic rings. The van der Waals surface area contributed by atoms with Crippen molar-refractivity contribution in [3.05, 3.63) is 89.0 Å². The van der Waals surface area contributed by atoms with Crippen molar-refractivity contribution in [3.8, 4) is 11.5 Å². The van der Waals surface area contributed by atoms with Gasteiger partial charge in [0.05, 0.1) is 5.56 Å². The molecule has 3 aromatic carbocycles. The van der Waals surface area contributed by atoms with Crippen LogP contribution in [0, 0.1) is 0 Å². The second-order valence-corrected chi connectivity index (χ2v) is 7.09. The number of nitrogens with one attached hydrogen (secondary N) is 3. The van der Waals surface area contributed by atoms with E-state index in [1.807, 2.05) is 0 Å². The van der Waals surface area contributed by atoms with Crippen molar-refractivity contribution in [1.29, 1.82) is 0 Å². The number of halogens is 3. The van der Waals surface area contributed by atoms with Crippen molar-refractivity contribution >= 4 is 23.4 Å². The maximum Gasteiger partial charge on any atom is 0.416 e. The Kier molecular flexibility index (Phi) is 6.09. The number of carbonyl (C=O) groups is 3. The van der Waals surface area contributed by atoms with Crippen LogP contribution in [0.25, 0.3) is 0 Å². The van der Waals surface area contributed by atoms with Gasteiger partial charge in [-0.3, -0.25) is 25.2 Å². The predicted molar refractivity (Wildman–Crippen MR) is 113 cm³/mol. The van der Waals surface area contributed by atoms with E-state index in [1.54, 1.807) is 6.07 Å².